The first kappa shape index (κ1) is 7.31. The standard InChI is InChI=1S/C18H18Cl2N4S/c19-13-3-1-2-12(8-13)10-24-6-4-14(5-7-24)23-17-15-9-16(20)25-18(15)22-11-21-17/h1-3,8-9,11,14H,4-7,10H2,(H,21,22,23)/i4D2,5D2,6D2,7D2,9D,10D2,11D,14D/hD. The number of likely N-dealkylation sites (tertiary alicyclic amines) is 1. The molecule has 7 heteroatoms. The van der Waals surface area contributed by atoms with Crippen molar-refractivity contribution >= 4 is 50.6 Å². The van der Waals surface area contributed by atoms with Gasteiger partial charge in [0.25, 0.3) is 0 Å². The van der Waals surface area contributed by atoms with Crippen molar-refractivity contribution in [2.24, 2.45) is 0 Å². The lowest BCUT2D eigenvalue weighted by Crippen LogP contribution is -2.38. The highest BCUT2D eigenvalue weighted by molar-refractivity contribution is 7.22. The molecule has 1 N–H and O–H groups in total. The molecule has 3 aromatic rings. The number of hydrogen-bond acceptors (Lipinski definition) is 5. The zero-order valence-corrected chi connectivity index (χ0v) is 14.6. The van der Waals surface area contributed by atoms with Gasteiger partial charge < -0.3 is 5.31 Å². The zero-order chi connectivity index (χ0) is 29.7. The molecule has 0 amide bonds. The van der Waals surface area contributed by atoms with Gasteiger partial charge in [-0.15, -0.1) is 11.3 Å². The number of halogens is 2. The number of fused-ring (bicyclic) bond motifs is 1. The molecule has 0 spiro atoms. The second kappa shape index (κ2) is 7.46. The van der Waals surface area contributed by atoms with Crippen LogP contribution in [-0.4, -0.2) is 33.9 Å². The number of thiophene rings is 1. The van der Waals surface area contributed by atoms with Crippen molar-refractivity contribution in [1.82, 2.24) is 14.9 Å². The summed E-state index contributed by atoms with van der Waals surface area (Å²) in [5.74, 6) is -0.848. The van der Waals surface area contributed by atoms with Gasteiger partial charge in [-0.2, -0.15) is 0 Å². The highest BCUT2D eigenvalue weighted by Gasteiger charge is 2.20. The summed E-state index contributed by atoms with van der Waals surface area (Å²) in [6.07, 6.45) is -8.53. The fourth-order valence-electron chi connectivity index (χ4n) is 1.98. The van der Waals surface area contributed by atoms with Crippen LogP contribution in [0.1, 0.15) is 36.1 Å². The van der Waals surface area contributed by atoms with Crippen LogP contribution in [-0.2, 0) is 6.50 Å². The molecule has 130 valence electrons. The van der Waals surface area contributed by atoms with Gasteiger partial charge in [-0.3, -0.25) is 4.90 Å². The Kier molecular flexibility index (Phi) is 2.18. The molecule has 0 radical (unpaired) electrons. The van der Waals surface area contributed by atoms with E-state index in [9.17, 15) is 0 Å². The average Bonchev–Trinajstić information content (AvgIpc) is 3.08. The number of aromatic nitrogens is 2. The Labute approximate surface area is 180 Å². The molecule has 0 saturated carbocycles. The van der Waals surface area contributed by atoms with Crippen molar-refractivity contribution in [3.63, 3.8) is 0 Å². The van der Waals surface area contributed by atoms with E-state index in [1.54, 1.807) is 0 Å². The van der Waals surface area contributed by atoms with E-state index in [0.717, 1.165) is 12.1 Å². The molecule has 1 aromatic carbocycles. The maximum absolute atomic E-state index is 8.96. The van der Waals surface area contributed by atoms with Crippen LogP contribution < -0.4 is 5.31 Å². The van der Waals surface area contributed by atoms with Crippen LogP contribution in [0.2, 0.25) is 10.8 Å². The molecule has 25 heavy (non-hydrogen) atoms. The first-order chi connectivity index (χ1) is 17.6. The molecule has 4 nitrogen and oxygen atoms in total. The van der Waals surface area contributed by atoms with Crippen molar-refractivity contribution in [3.8, 4) is 0 Å². The van der Waals surface area contributed by atoms with E-state index in [1.165, 1.54) is 12.1 Å². The van der Waals surface area contributed by atoms with Gasteiger partial charge in [0, 0.05) is 44.2 Å². The second-order valence-corrected chi connectivity index (χ2v) is 6.76. The first-order valence-electron chi connectivity index (χ1n) is 13.8. The van der Waals surface area contributed by atoms with Gasteiger partial charge >= 0.3 is 0 Å². The van der Waals surface area contributed by atoms with Crippen molar-refractivity contribution in [3.05, 3.63) is 51.5 Å². The summed E-state index contributed by atoms with van der Waals surface area (Å²) >= 11 is 12.6. The van der Waals surface area contributed by atoms with Crippen LogP contribution in [0.4, 0.5) is 5.82 Å². The Bertz CT molecular complexity index is 1440. The number of anilines is 1. The van der Waals surface area contributed by atoms with Crippen LogP contribution in [0.5, 0.6) is 0 Å². The van der Waals surface area contributed by atoms with Crippen LogP contribution >= 0.6 is 34.5 Å². The molecule has 2 aromatic heterocycles. The predicted molar refractivity (Wildman–Crippen MR) is 106 cm³/mol. The van der Waals surface area contributed by atoms with E-state index in [0.29, 0.717) is 11.3 Å². The molecule has 0 aliphatic carbocycles. The van der Waals surface area contributed by atoms with Crippen molar-refractivity contribution < 1.29 is 19.2 Å². The Morgan fingerprint density at radius 1 is 1.44 bits per heavy atom. The van der Waals surface area contributed by atoms with E-state index in [2.05, 4.69) is 9.97 Å². The molecule has 1 fully saturated rings. The third-order valence-corrected chi connectivity index (χ3v) is 4.34. The Hall–Kier alpha value is -1.40. The smallest absolute Gasteiger partial charge is 0.162 e. The molecular weight excluding hydrogens is 375 g/mol. The molecule has 4 rings (SSSR count). The summed E-state index contributed by atoms with van der Waals surface area (Å²) in [6, 6.07) is 0.522. The van der Waals surface area contributed by atoms with Crippen LogP contribution in [0.25, 0.3) is 10.2 Å². The summed E-state index contributed by atoms with van der Waals surface area (Å²) in [5.41, 5.74) is -0.419. The lowest BCUT2D eigenvalue weighted by molar-refractivity contribution is 0.211. The van der Waals surface area contributed by atoms with Crippen LogP contribution in [0.15, 0.2) is 36.6 Å². The topological polar surface area (TPSA) is 41.1 Å². The SMILES string of the molecule is [2H]c1nc(N([2H])C2([2H])C([2H])([2H])C([2H])([2H])N(C([2H])([2H])c3cccc(Cl)c3)C([2H])([2H])C2([2H])[2H])c2c([2H])c(Cl)sc2n1. The van der Waals surface area contributed by atoms with Gasteiger partial charge in [0.05, 0.1) is 12.5 Å². The highest BCUT2D eigenvalue weighted by atomic mass is 35.5. The third-order valence-electron chi connectivity index (χ3n) is 3.01. The van der Waals surface area contributed by atoms with Gasteiger partial charge in [0.2, 0.25) is 0 Å². The minimum Gasteiger partial charge on any atom is -0.367 e. The fraction of sp³-hybridized carbons (Fsp3) is 0.333. The average molecular weight is 407 g/mol. The number of rotatable bonds is 4. The molecule has 1 aliphatic rings. The quantitative estimate of drug-likeness (QED) is 0.655. The van der Waals surface area contributed by atoms with Gasteiger partial charge in [0.1, 0.15) is 18.3 Å². The minimum atomic E-state index is -3.88. The number of piperidine rings is 1. The summed E-state index contributed by atoms with van der Waals surface area (Å²) in [5, 5.41) is -0.586. The number of hydrogen-bond donors (Lipinski definition) is 1. The predicted octanol–water partition coefficient (Wildman–Crippen LogP) is 5.07. The summed E-state index contributed by atoms with van der Waals surface area (Å²) in [4.78, 5) is 7.05. The summed E-state index contributed by atoms with van der Waals surface area (Å²) in [6.45, 7) is -10.8. The monoisotopic (exact) mass is 406 g/mol. The summed E-state index contributed by atoms with van der Waals surface area (Å²) in [7, 11) is 0. The van der Waals surface area contributed by atoms with Gasteiger partial charge in [-0.1, -0.05) is 35.3 Å². The Balaban J connectivity index is 2.01. The summed E-state index contributed by atoms with van der Waals surface area (Å²) < 4.78 is 120. The van der Waals surface area contributed by atoms with E-state index in [1.807, 2.05) is 0 Å². The molecule has 3 heterocycles. The molecule has 1 saturated heterocycles. The minimum absolute atomic E-state index is 0.00713. The molecular formula is C18H18Cl2N4S. The lowest BCUT2D eigenvalue weighted by atomic mass is 10.0. The molecule has 1 aliphatic heterocycles. The molecule has 0 unspecified atom stereocenters. The lowest BCUT2D eigenvalue weighted by Gasteiger charge is -2.32. The fourth-order valence-corrected chi connectivity index (χ4v) is 3.14. The van der Waals surface area contributed by atoms with Crippen molar-refractivity contribution in [2.45, 2.75) is 25.3 Å². The van der Waals surface area contributed by atoms with E-state index in [4.69, 9.17) is 42.4 Å². The third kappa shape index (κ3) is 4.06. The highest BCUT2D eigenvalue weighted by Crippen LogP contribution is 2.32. The van der Waals surface area contributed by atoms with Gasteiger partial charge in [0.15, 0.2) is 1.41 Å². The van der Waals surface area contributed by atoms with Crippen molar-refractivity contribution in [2.75, 3.05) is 18.3 Å². The van der Waals surface area contributed by atoms with E-state index >= 15 is 0 Å². The van der Waals surface area contributed by atoms with Crippen LogP contribution in [0.3, 0.4) is 0 Å². The van der Waals surface area contributed by atoms with E-state index < -0.39 is 62.0 Å². The van der Waals surface area contributed by atoms with Crippen LogP contribution in [0, 0.1) is 0 Å². The zero-order valence-electron chi connectivity index (χ0n) is 26.3. The first-order valence-corrected chi connectivity index (χ1v) is 8.44. The number of nitrogens with one attached hydrogen (secondary N) is 1. The Morgan fingerprint density at radius 3 is 3.08 bits per heavy atom. The van der Waals surface area contributed by atoms with Gasteiger partial charge in [-0.05, 0) is 36.5 Å². The largest absolute Gasteiger partial charge is 0.367 e. The number of benzene rings is 1. The molecule has 0 atom stereocenters. The van der Waals surface area contributed by atoms with Gasteiger partial charge in [-0.25, -0.2) is 9.97 Å². The van der Waals surface area contributed by atoms with E-state index in [-0.39, 0.29) is 29.8 Å². The molecule has 0 bridgehead atoms. The Morgan fingerprint density at radius 2 is 2.28 bits per heavy atom. The number of nitrogens with zero attached hydrogens (tertiary/aromatic N) is 3. The van der Waals surface area contributed by atoms with Crippen molar-refractivity contribution in [1.29, 1.82) is 0 Å². The second-order valence-electron chi connectivity index (χ2n) is 4.72. The maximum Gasteiger partial charge on any atom is 0.162 e. The normalized spacial score (nSPS) is 34.5. The maximum atomic E-state index is 8.96.